The molecule has 94 valence electrons. The van der Waals surface area contributed by atoms with Gasteiger partial charge in [0.05, 0.1) is 5.69 Å². The molecule has 1 unspecified atom stereocenters. The molecule has 2 N–H and O–H groups in total. The summed E-state index contributed by atoms with van der Waals surface area (Å²) in [4.78, 5) is 12.2. The Morgan fingerprint density at radius 3 is 3.18 bits per heavy atom. The molecule has 1 saturated heterocycles. The molecular weight excluding hydrogens is 252 g/mol. The highest BCUT2D eigenvalue weighted by atomic mass is 32.2. The second-order valence-corrected chi connectivity index (χ2v) is 6.45. The first-order valence-corrected chi connectivity index (χ1v) is 7.91. The molecule has 3 nitrogen and oxygen atoms in total. The molecule has 1 aliphatic heterocycles. The van der Waals surface area contributed by atoms with Crippen LogP contribution in [0.2, 0.25) is 0 Å². The summed E-state index contributed by atoms with van der Waals surface area (Å²) < 4.78 is 0. The van der Waals surface area contributed by atoms with Crippen molar-refractivity contribution in [2.75, 3.05) is 23.4 Å². The Balaban J connectivity index is 1.77. The summed E-state index contributed by atoms with van der Waals surface area (Å²) in [5.41, 5.74) is 0.954. The zero-order valence-electron chi connectivity index (χ0n) is 9.99. The Morgan fingerprint density at radius 2 is 2.47 bits per heavy atom. The van der Waals surface area contributed by atoms with Gasteiger partial charge in [-0.3, -0.25) is 4.79 Å². The summed E-state index contributed by atoms with van der Waals surface area (Å²) in [5, 5.41) is 8.37. The van der Waals surface area contributed by atoms with E-state index in [1.54, 1.807) is 18.3 Å². The van der Waals surface area contributed by atoms with Crippen molar-refractivity contribution >= 4 is 34.7 Å². The van der Waals surface area contributed by atoms with E-state index in [-0.39, 0.29) is 5.91 Å². The van der Waals surface area contributed by atoms with E-state index in [9.17, 15) is 4.79 Å². The van der Waals surface area contributed by atoms with Crippen LogP contribution in [-0.2, 0) is 11.3 Å². The maximum atomic E-state index is 11.0. The lowest BCUT2D eigenvalue weighted by Gasteiger charge is -2.10. The molecule has 0 bridgehead atoms. The number of amides is 1. The van der Waals surface area contributed by atoms with Gasteiger partial charge in [0.25, 0.3) is 0 Å². The summed E-state index contributed by atoms with van der Waals surface area (Å²) in [6.45, 7) is 3.49. The van der Waals surface area contributed by atoms with Crippen molar-refractivity contribution < 1.29 is 4.79 Å². The summed E-state index contributed by atoms with van der Waals surface area (Å²) in [6, 6.07) is 1.97. The number of hydrogen-bond donors (Lipinski definition) is 2. The van der Waals surface area contributed by atoms with Gasteiger partial charge >= 0.3 is 0 Å². The van der Waals surface area contributed by atoms with E-state index in [2.05, 4.69) is 10.6 Å². The van der Waals surface area contributed by atoms with E-state index < -0.39 is 0 Å². The zero-order valence-corrected chi connectivity index (χ0v) is 11.6. The number of thioether (sulfide) groups is 1. The second kappa shape index (κ2) is 6.42. The number of carbonyl (C=O) groups is 1. The van der Waals surface area contributed by atoms with Crippen LogP contribution in [0.1, 0.15) is 18.2 Å². The monoisotopic (exact) mass is 270 g/mol. The van der Waals surface area contributed by atoms with Gasteiger partial charge < -0.3 is 10.6 Å². The predicted molar refractivity (Wildman–Crippen MR) is 75.8 cm³/mol. The average molecular weight is 270 g/mol. The molecule has 1 amide bonds. The number of carbonyl (C=O) groups excluding carboxylic acids is 1. The van der Waals surface area contributed by atoms with Crippen molar-refractivity contribution in [3.63, 3.8) is 0 Å². The standard InChI is InChI=1S/C12H18N2OS2/c1-9(15)14-11-3-5-17-12(11)7-13-6-10-2-4-16-8-10/h3,5,10,13H,2,4,6-8H2,1H3,(H,14,15). The number of anilines is 1. The third-order valence-electron chi connectivity index (χ3n) is 2.80. The topological polar surface area (TPSA) is 41.1 Å². The van der Waals surface area contributed by atoms with Gasteiger partial charge in [0.15, 0.2) is 0 Å². The normalized spacial score (nSPS) is 19.5. The largest absolute Gasteiger partial charge is 0.325 e. The van der Waals surface area contributed by atoms with Gasteiger partial charge in [-0.05, 0) is 41.8 Å². The van der Waals surface area contributed by atoms with Gasteiger partial charge in [-0.1, -0.05) is 0 Å². The third kappa shape index (κ3) is 4.01. The first-order chi connectivity index (χ1) is 8.25. The molecule has 2 rings (SSSR count). The molecule has 1 aliphatic rings. The van der Waals surface area contributed by atoms with E-state index in [1.165, 1.54) is 22.8 Å². The smallest absolute Gasteiger partial charge is 0.221 e. The lowest BCUT2D eigenvalue weighted by molar-refractivity contribution is -0.114. The number of hydrogen-bond acceptors (Lipinski definition) is 4. The quantitative estimate of drug-likeness (QED) is 0.864. The summed E-state index contributed by atoms with van der Waals surface area (Å²) in [5.74, 6) is 3.42. The fourth-order valence-corrected chi connectivity index (χ4v) is 4.00. The minimum atomic E-state index is -0.00292. The van der Waals surface area contributed by atoms with Crippen LogP contribution < -0.4 is 10.6 Å². The summed E-state index contributed by atoms with van der Waals surface area (Å²) in [6.07, 6.45) is 1.33. The van der Waals surface area contributed by atoms with Crippen molar-refractivity contribution in [2.24, 2.45) is 5.92 Å². The van der Waals surface area contributed by atoms with Crippen molar-refractivity contribution in [3.05, 3.63) is 16.3 Å². The highest BCUT2D eigenvalue weighted by Gasteiger charge is 2.15. The fourth-order valence-electron chi connectivity index (χ4n) is 1.91. The molecule has 1 aromatic heterocycles. The van der Waals surface area contributed by atoms with Crippen LogP contribution in [0.25, 0.3) is 0 Å². The molecule has 0 radical (unpaired) electrons. The molecule has 1 fully saturated rings. The summed E-state index contributed by atoms with van der Waals surface area (Å²) in [7, 11) is 0. The Labute approximate surface area is 110 Å². The molecule has 0 spiro atoms. The highest BCUT2D eigenvalue weighted by molar-refractivity contribution is 7.99. The summed E-state index contributed by atoms with van der Waals surface area (Å²) >= 11 is 3.74. The van der Waals surface area contributed by atoms with Gasteiger partial charge in [0.2, 0.25) is 5.91 Å². The van der Waals surface area contributed by atoms with Crippen LogP contribution >= 0.6 is 23.1 Å². The van der Waals surface area contributed by atoms with Crippen LogP contribution in [0, 0.1) is 5.92 Å². The average Bonchev–Trinajstić information content (AvgIpc) is 2.90. The van der Waals surface area contributed by atoms with Gasteiger partial charge in [-0.25, -0.2) is 0 Å². The fraction of sp³-hybridized carbons (Fsp3) is 0.583. The Hall–Kier alpha value is -0.520. The van der Waals surface area contributed by atoms with Crippen LogP contribution in [-0.4, -0.2) is 24.0 Å². The molecule has 1 aromatic rings. The van der Waals surface area contributed by atoms with Gasteiger partial charge in [0, 0.05) is 18.3 Å². The molecule has 5 heteroatoms. The third-order valence-corrected chi connectivity index (χ3v) is 4.95. The van der Waals surface area contributed by atoms with Crippen molar-refractivity contribution in [3.8, 4) is 0 Å². The minimum Gasteiger partial charge on any atom is -0.325 e. The predicted octanol–water partition coefficient (Wildman–Crippen LogP) is 2.55. The lowest BCUT2D eigenvalue weighted by atomic mass is 10.1. The van der Waals surface area contributed by atoms with Gasteiger partial charge in [-0.2, -0.15) is 11.8 Å². The molecule has 0 aromatic carbocycles. The van der Waals surface area contributed by atoms with Crippen molar-refractivity contribution in [1.29, 1.82) is 0 Å². The minimum absolute atomic E-state index is 0.00292. The highest BCUT2D eigenvalue weighted by Crippen LogP contribution is 2.24. The second-order valence-electron chi connectivity index (χ2n) is 4.30. The molecule has 1 atom stereocenters. The Kier molecular flexibility index (Phi) is 4.88. The first kappa shape index (κ1) is 12.9. The molecule has 0 aliphatic carbocycles. The van der Waals surface area contributed by atoms with E-state index in [1.807, 2.05) is 23.2 Å². The lowest BCUT2D eigenvalue weighted by Crippen LogP contribution is -2.22. The van der Waals surface area contributed by atoms with Crippen LogP contribution in [0.5, 0.6) is 0 Å². The SMILES string of the molecule is CC(=O)Nc1ccsc1CNCC1CCSC1. The maximum Gasteiger partial charge on any atom is 0.221 e. The maximum absolute atomic E-state index is 11.0. The Morgan fingerprint density at radius 1 is 1.59 bits per heavy atom. The van der Waals surface area contributed by atoms with E-state index in [0.717, 1.165) is 24.7 Å². The van der Waals surface area contributed by atoms with Crippen molar-refractivity contribution in [1.82, 2.24) is 5.32 Å². The van der Waals surface area contributed by atoms with Crippen LogP contribution in [0.15, 0.2) is 11.4 Å². The van der Waals surface area contributed by atoms with Crippen LogP contribution in [0.3, 0.4) is 0 Å². The number of rotatable bonds is 5. The van der Waals surface area contributed by atoms with Crippen LogP contribution in [0.4, 0.5) is 5.69 Å². The van der Waals surface area contributed by atoms with Gasteiger partial charge in [-0.15, -0.1) is 11.3 Å². The van der Waals surface area contributed by atoms with Gasteiger partial charge in [0.1, 0.15) is 0 Å². The number of nitrogens with one attached hydrogen (secondary N) is 2. The number of thiophene rings is 1. The first-order valence-electron chi connectivity index (χ1n) is 5.88. The van der Waals surface area contributed by atoms with Crippen molar-refractivity contribution in [2.45, 2.75) is 19.9 Å². The van der Waals surface area contributed by atoms with E-state index in [4.69, 9.17) is 0 Å². The zero-order chi connectivity index (χ0) is 12.1. The Bertz CT molecular complexity index is 372. The van der Waals surface area contributed by atoms with E-state index in [0.29, 0.717) is 0 Å². The molecule has 17 heavy (non-hydrogen) atoms. The van der Waals surface area contributed by atoms with E-state index >= 15 is 0 Å². The molecular formula is C12H18N2OS2. The molecule has 2 heterocycles. The molecule has 0 saturated carbocycles.